The molecule has 1 aromatic carbocycles. The summed E-state index contributed by atoms with van der Waals surface area (Å²) in [6.45, 7) is 8.90. The SMILES string of the molecule is COc1cc(CNC(=O)NCCCN2C[C@H](C)C[C@@H](C)C2)cc(OC)c1O. The van der Waals surface area contributed by atoms with Crippen molar-refractivity contribution in [2.75, 3.05) is 40.4 Å². The number of aromatic hydroxyl groups is 1. The van der Waals surface area contributed by atoms with Crippen LogP contribution in [0.2, 0.25) is 0 Å². The van der Waals surface area contributed by atoms with Gasteiger partial charge in [-0.1, -0.05) is 13.8 Å². The van der Waals surface area contributed by atoms with Gasteiger partial charge in [-0.3, -0.25) is 0 Å². The number of nitrogens with one attached hydrogen (secondary N) is 2. The van der Waals surface area contributed by atoms with Gasteiger partial charge in [0, 0.05) is 26.2 Å². The predicted octanol–water partition coefficient (Wildman–Crippen LogP) is 2.58. The van der Waals surface area contributed by atoms with E-state index in [0.29, 0.717) is 24.6 Å². The van der Waals surface area contributed by atoms with Crippen LogP contribution in [0.15, 0.2) is 12.1 Å². The molecular formula is C20H33N3O4. The Hall–Kier alpha value is -2.15. The lowest BCUT2D eigenvalue weighted by Gasteiger charge is -2.34. The normalized spacial score (nSPS) is 20.1. The molecule has 0 unspecified atom stereocenters. The molecule has 7 nitrogen and oxygen atoms in total. The van der Waals surface area contributed by atoms with Crippen molar-refractivity contribution in [1.82, 2.24) is 15.5 Å². The summed E-state index contributed by atoms with van der Waals surface area (Å²) in [6, 6.07) is 3.15. The molecule has 27 heavy (non-hydrogen) atoms. The third-order valence-corrected chi connectivity index (χ3v) is 4.87. The molecule has 1 saturated heterocycles. The fraction of sp³-hybridized carbons (Fsp3) is 0.650. The summed E-state index contributed by atoms with van der Waals surface area (Å²) in [5.74, 6) is 2.09. The molecule has 2 amide bonds. The van der Waals surface area contributed by atoms with Crippen LogP contribution in [0.1, 0.15) is 32.3 Å². The number of hydrogen-bond donors (Lipinski definition) is 3. The van der Waals surface area contributed by atoms with E-state index in [-0.39, 0.29) is 11.8 Å². The van der Waals surface area contributed by atoms with Gasteiger partial charge in [0.2, 0.25) is 5.75 Å². The van der Waals surface area contributed by atoms with Crippen molar-refractivity contribution in [3.8, 4) is 17.2 Å². The molecule has 1 aliphatic rings. The second kappa shape index (κ2) is 10.3. The number of benzene rings is 1. The van der Waals surface area contributed by atoms with Crippen molar-refractivity contribution in [3.05, 3.63) is 17.7 Å². The van der Waals surface area contributed by atoms with Crippen molar-refractivity contribution in [3.63, 3.8) is 0 Å². The van der Waals surface area contributed by atoms with Crippen LogP contribution in [0.5, 0.6) is 17.2 Å². The Morgan fingerprint density at radius 3 is 2.30 bits per heavy atom. The topological polar surface area (TPSA) is 83.1 Å². The molecule has 2 rings (SSSR count). The number of phenols is 1. The summed E-state index contributed by atoms with van der Waals surface area (Å²) < 4.78 is 10.2. The number of urea groups is 1. The maximum Gasteiger partial charge on any atom is 0.315 e. The summed E-state index contributed by atoms with van der Waals surface area (Å²) in [7, 11) is 2.95. The van der Waals surface area contributed by atoms with Gasteiger partial charge in [-0.05, 0) is 48.9 Å². The molecule has 0 aromatic heterocycles. The molecule has 7 heteroatoms. The van der Waals surface area contributed by atoms with E-state index in [1.54, 1.807) is 12.1 Å². The lowest BCUT2D eigenvalue weighted by atomic mass is 9.92. The minimum absolute atomic E-state index is 0.0467. The monoisotopic (exact) mass is 379 g/mol. The van der Waals surface area contributed by atoms with E-state index >= 15 is 0 Å². The quantitative estimate of drug-likeness (QED) is 0.605. The minimum atomic E-state index is -0.207. The molecule has 0 bridgehead atoms. The fourth-order valence-corrected chi connectivity index (χ4v) is 3.77. The smallest absolute Gasteiger partial charge is 0.315 e. The zero-order valence-electron chi connectivity index (χ0n) is 16.9. The van der Waals surface area contributed by atoms with Crippen LogP contribution < -0.4 is 20.1 Å². The Labute approximate surface area is 162 Å². The average Bonchev–Trinajstić information content (AvgIpc) is 2.63. The van der Waals surface area contributed by atoms with E-state index in [1.165, 1.54) is 20.6 Å². The highest BCUT2D eigenvalue weighted by Gasteiger charge is 2.21. The molecule has 0 saturated carbocycles. The summed E-state index contributed by atoms with van der Waals surface area (Å²) in [6.07, 6.45) is 2.25. The molecule has 152 valence electrons. The molecule has 2 atom stereocenters. The van der Waals surface area contributed by atoms with Crippen molar-refractivity contribution >= 4 is 6.03 Å². The summed E-state index contributed by atoms with van der Waals surface area (Å²) in [4.78, 5) is 14.5. The van der Waals surface area contributed by atoms with Crippen LogP contribution in [-0.2, 0) is 6.54 Å². The number of piperidine rings is 1. The van der Waals surface area contributed by atoms with Gasteiger partial charge in [-0.25, -0.2) is 4.79 Å². The molecule has 1 aromatic rings. The van der Waals surface area contributed by atoms with E-state index in [2.05, 4.69) is 29.4 Å². The summed E-state index contributed by atoms with van der Waals surface area (Å²) in [5, 5.41) is 15.6. The third kappa shape index (κ3) is 6.50. The zero-order chi connectivity index (χ0) is 19.8. The van der Waals surface area contributed by atoms with E-state index in [0.717, 1.165) is 43.5 Å². The van der Waals surface area contributed by atoms with Gasteiger partial charge in [0.25, 0.3) is 0 Å². The Balaban J connectivity index is 1.70. The van der Waals surface area contributed by atoms with Gasteiger partial charge in [-0.15, -0.1) is 0 Å². The lowest BCUT2D eigenvalue weighted by Crippen LogP contribution is -2.41. The van der Waals surface area contributed by atoms with E-state index in [1.807, 2.05) is 0 Å². The minimum Gasteiger partial charge on any atom is -0.502 e. The summed E-state index contributed by atoms with van der Waals surface area (Å²) in [5.41, 5.74) is 0.785. The van der Waals surface area contributed by atoms with Gasteiger partial charge >= 0.3 is 6.03 Å². The number of methoxy groups -OCH3 is 2. The number of rotatable bonds is 8. The van der Waals surface area contributed by atoms with Crippen molar-refractivity contribution in [1.29, 1.82) is 0 Å². The maximum absolute atomic E-state index is 12.0. The Kier molecular flexibility index (Phi) is 8.03. The molecule has 1 aliphatic heterocycles. The number of carbonyl (C=O) groups excluding carboxylic acids is 1. The predicted molar refractivity (Wildman–Crippen MR) is 105 cm³/mol. The zero-order valence-corrected chi connectivity index (χ0v) is 16.9. The van der Waals surface area contributed by atoms with Crippen LogP contribution in [0.4, 0.5) is 4.79 Å². The van der Waals surface area contributed by atoms with E-state index in [4.69, 9.17) is 9.47 Å². The highest BCUT2D eigenvalue weighted by Crippen LogP contribution is 2.36. The van der Waals surface area contributed by atoms with Crippen LogP contribution in [0, 0.1) is 11.8 Å². The number of nitrogens with zero attached hydrogens (tertiary/aromatic N) is 1. The maximum atomic E-state index is 12.0. The van der Waals surface area contributed by atoms with E-state index in [9.17, 15) is 9.90 Å². The number of likely N-dealkylation sites (tertiary alicyclic amines) is 1. The first-order chi connectivity index (χ1) is 12.9. The van der Waals surface area contributed by atoms with E-state index < -0.39 is 0 Å². The molecule has 0 radical (unpaired) electrons. The van der Waals surface area contributed by atoms with Crippen molar-refractivity contribution in [2.24, 2.45) is 11.8 Å². The fourth-order valence-electron chi connectivity index (χ4n) is 3.77. The van der Waals surface area contributed by atoms with Gasteiger partial charge in [-0.2, -0.15) is 0 Å². The van der Waals surface area contributed by atoms with Crippen LogP contribution >= 0.6 is 0 Å². The first-order valence-corrected chi connectivity index (χ1v) is 9.60. The molecule has 1 fully saturated rings. The first-order valence-electron chi connectivity index (χ1n) is 9.60. The number of hydrogen-bond acceptors (Lipinski definition) is 5. The first kappa shape index (κ1) is 21.2. The van der Waals surface area contributed by atoms with Gasteiger partial charge < -0.3 is 30.1 Å². The van der Waals surface area contributed by atoms with Crippen molar-refractivity contribution in [2.45, 2.75) is 33.2 Å². The van der Waals surface area contributed by atoms with Gasteiger partial charge in [0.05, 0.1) is 14.2 Å². The Morgan fingerprint density at radius 1 is 1.15 bits per heavy atom. The van der Waals surface area contributed by atoms with Crippen LogP contribution in [0.3, 0.4) is 0 Å². The number of carbonyl (C=O) groups is 1. The molecule has 3 N–H and O–H groups in total. The van der Waals surface area contributed by atoms with Crippen molar-refractivity contribution < 1.29 is 19.4 Å². The Bertz CT molecular complexity index is 588. The number of amides is 2. The molecule has 1 heterocycles. The second-order valence-electron chi connectivity index (χ2n) is 7.52. The summed E-state index contributed by atoms with van der Waals surface area (Å²) >= 11 is 0. The molecule has 0 spiro atoms. The standard InChI is InChI=1S/C20H33N3O4/c1-14-8-15(2)13-23(12-14)7-5-6-21-20(25)22-11-16-9-17(26-3)19(24)18(10-16)27-4/h9-10,14-15,24H,5-8,11-13H2,1-4H3,(H2,21,22,25)/t14-,15-/m1/s1. The highest BCUT2D eigenvalue weighted by atomic mass is 16.5. The van der Waals surface area contributed by atoms with Crippen LogP contribution in [-0.4, -0.2) is 56.4 Å². The lowest BCUT2D eigenvalue weighted by molar-refractivity contribution is 0.139. The second-order valence-corrected chi connectivity index (χ2v) is 7.52. The number of ether oxygens (including phenoxy) is 2. The van der Waals surface area contributed by atoms with Gasteiger partial charge in [0.15, 0.2) is 11.5 Å². The third-order valence-electron chi connectivity index (χ3n) is 4.87. The van der Waals surface area contributed by atoms with Crippen LogP contribution in [0.25, 0.3) is 0 Å². The number of phenolic OH excluding ortho intramolecular Hbond substituents is 1. The molecule has 0 aliphatic carbocycles. The molecular weight excluding hydrogens is 346 g/mol. The van der Waals surface area contributed by atoms with Gasteiger partial charge in [0.1, 0.15) is 0 Å². The largest absolute Gasteiger partial charge is 0.502 e. The Morgan fingerprint density at radius 2 is 1.74 bits per heavy atom. The highest BCUT2D eigenvalue weighted by molar-refractivity contribution is 5.73. The average molecular weight is 380 g/mol.